The van der Waals surface area contributed by atoms with Gasteiger partial charge in [-0.15, -0.1) is 0 Å². The third kappa shape index (κ3) is 2.74. The summed E-state index contributed by atoms with van der Waals surface area (Å²) >= 11 is 0. The van der Waals surface area contributed by atoms with Crippen LogP contribution in [-0.4, -0.2) is 0 Å². The maximum absolute atomic E-state index is 5.61. The molecule has 2 nitrogen and oxygen atoms in total. The van der Waals surface area contributed by atoms with E-state index in [0.717, 1.165) is 17.9 Å². The molecule has 0 saturated heterocycles. The van der Waals surface area contributed by atoms with Gasteiger partial charge in [-0.25, -0.2) is 0 Å². The molecule has 0 aromatic heterocycles. The quantitative estimate of drug-likeness (QED) is 0.744. The Morgan fingerprint density at radius 3 is 2.20 bits per heavy atom. The smallest absolute Gasteiger partial charge is 0.0400 e. The van der Waals surface area contributed by atoms with Crippen LogP contribution >= 0.6 is 0 Å². The van der Waals surface area contributed by atoms with Gasteiger partial charge in [0.25, 0.3) is 0 Å². The molecule has 0 aliphatic carbocycles. The Hall–Kier alpha value is -1.96. The van der Waals surface area contributed by atoms with Crippen LogP contribution in [0.25, 0.3) is 0 Å². The van der Waals surface area contributed by atoms with Crippen LogP contribution in [0.1, 0.15) is 5.56 Å². The highest BCUT2D eigenvalue weighted by atomic mass is 14.9. The van der Waals surface area contributed by atoms with Crippen molar-refractivity contribution in [2.75, 3.05) is 11.1 Å². The molecule has 0 aliphatic heterocycles. The van der Waals surface area contributed by atoms with E-state index >= 15 is 0 Å². The lowest BCUT2D eigenvalue weighted by atomic mass is 10.2. The summed E-state index contributed by atoms with van der Waals surface area (Å²) in [5.74, 6) is 0. The number of hydrogen-bond donors (Lipinski definition) is 2. The van der Waals surface area contributed by atoms with Crippen LogP contribution in [-0.2, 0) is 6.54 Å². The number of anilines is 2. The second-order valence-electron chi connectivity index (χ2n) is 3.46. The zero-order valence-electron chi connectivity index (χ0n) is 8.48. The number of hydrogen-bond acceptors (Lipinski definition) is 2. The molecule has 0 fully saturated rings. The maximum atomic E-state index is 5.61. The van der Waals surface area contributed by atoms with Crippen molar-refractivity contribution in [1.29, 1.82) is 0 Å². The lowest BCUT2D eigenvalue weighted by molar-refractivity contribution is 1.15. The topological polar surface area (TPSA) is 38.0 Å². The van der Waals surface area contributed by atoms with Crippen LogP contribution < -0.4 is 11.1 Å². The van der Waals surface area contributed by atoms with Gasteiger partial charge in [0.15, 0.2) is 0 Å². The zero-order valence-corrected chi connectivity index (χ0v) is 8.48. The van der Waals surface area contributed by atoms with Gasteiger partial charge in [-0.2, -0.15) is 0 Å². The molecule has 2 aromatic rings. The average Bonchev–Trinajstić information content (AvgIpc) is 2.30. The molecule has 0 heterocycles. The van der Waals surface area contributed by atoms with E-state index in [9.17, 15) is 0 Å². The highest BCUT2D eigenvalue weighted by Gasteiger charge is 1.92. The molecule has 15 heavy (non-hydrogen) atoms. The van der Waals surface area contributed by atoms with Crippen LogP contribution in [0, 0.1) is 0 Å². The van der Waals surface area contributed by atoms with E-state index in [-0.39, 0.29) is 0 Å². The van der Waals surface area contributed by atoms with E-state index < -0.39 is 0 Å². The van der Waals surface area contributed by atoms with Crippen molar-refractivity contribution in [3.8, 4) is 0 Å². The van der Waals surface area contributed by atoms with Crippen LogP contribution in [0.4, 0.5) is 11.4 Å². The summed E-state index contributed by atoms with van der Waals surface area (Å²) in [6.07, 6.45) is 0. The summed E-state index contributed by atoms with van der Waals surface area (Å²) in [6.45, 7) is 0.838. The number of rotatable bonds is 3. The molecule has 76 valence electrons. The van der Waals surface area contributed by atoms with Crippen molar-refractivity contribution in [3.05, 3.63) is 60.2 Å². The summed E-state index contributed by atoms with van der Waals surface area (Å²) < 4.78 is 0. The molecule has 0 unspecified atom stereocenters. The van der Waals surface area contributed by atoms with Gasteiger partial charge >= 0.3 is 0 Å². The van der Waals surface area contributed by atoms with Gasteiger partial charge in [-0.05, 0) is 29.8 Å². The molecule has 2 rings (SSSR count). The number of nitrogens with one attached hydrogen (secondary N) is 1. The van der Waals surface area contributed by atoms with Gasteiger partial charge in [0.05, 0.1) is 0 Å². The van der Waals surface area contributed by atoms with E-state index in [0.29, 0.717) is 0 Å². The Morgan fingerprint density at radius 2 is 1.53 bits per heavy atom. The fourth-order valence-electron chi connectivity index (χ4n) is 1.40. The van der Waals surface area contributed by atoms with Crippen molar-refractivity contribution in [1.82, 2.24) is 0 Å². The zero-order chi connectivity index (χ0) is 10.5. The average molecular weight is 198 g/mol. The predicted molar refractivity (Wildman–Crippen MR) is 64.6 cm³/mol. The molecule has 0 amide bonds. The van der Waals surface area contributed by atoms with Crippen molar-refractivity contribution in [2.24, 2.45) is 0 Å². The van der Waals surface area contributed by atoms with Crippen molar-refractivity contribution < 1.29 is 0 Å². The summed E-state index contributed by atoms with van der Waals surface area (Å²) in [7, 11) is 0. The first kappa shape index (κ1) is 9.59. The third-order valence-electron chi connectivity index (χ3n) is 2.25. The maximum Gasteiger partial charge on any atom is 0.0400 e. The van der Waals surface area contributed by atoms with E-state index in [1.165, 1.54) is 5.56 Å². The Morgan fingerprint density at radius 1 is 0.867 bits per heavy atom. The molecule has 2 heteroatoms. The first-order valence-electron chi connectivity index (χ1n) is 4.98. The standard InChI is InChI=1S/C13H14N2/c14-12-6-8-13(9-7-12)15-10-11-4-2-1-3-5-11/h1-9,15H,10,14H2. The summed E-state index contributed by atoms with van der Waals surface area (Å²) in [4.78, 5) is 0. The van der Waals surface area contributed by atoms with Crippen LogP contribution in [0.5, 0.6) is 0 Å². The van der Waals surface area contributed by atoms with Crippen LogP contribution in [0.3, 0.4) is 0 Å². The number of nitrogen functional groups attached to an aromatic ring is 1. The number of nitrogens with two attached hydrogens (primary N) is 1. The second kappa shape index (κ2) is 4.51. The first-order valence-corrected chi connectivity index (χ1v) is 4.98. The predicted octanol–water partition coefficient (Wildman–Crippen LogP) is 2.88. The third-order valence-corrected chi connectivity index (χ3v) is 2.25. The largest absolute Gasteiger partial charge is 0.399 e. The Bertz CT molecular complexity index is 406. The van der Waals surface area contributed by atoms with Gasteiger partial charge < -0.3 is 11.1 Å². The van der Waals surface area contributed by atoms with Crippen molar-refractivity contribution in [3.63, 3.8) is 0 Å². The fraction of sp³-hybridized carbons (Fsp3) is 0.0769. The first-order chi connectivity index (χ1) is 7.34. The molecule has 0 atom stereocenters. The minimum Gasteiger partial charge on any atom is -0.399 e. The van der Waals surface area contributed by atoms with Gasteiger partial charge in [0.2, 0.25) is 0 Å². The number of benzene rings is 2. The minimum absolute atomic E-state index is 0.792. The fourth-order valence-corrected chi connectivity index (χ4v) is 1.40. The molecular weight excluding hydrogens is 184 g/mol. The van der Waals surface area contributed by atoms with Gasteiger partial charge in [0, 0.05) is 17.9 Å². The Labute approximate surface area is 89.7 Å². The molecule has 0 spiro atoms. The summed E-state index contributed by atoms with van der Waals surface area (Å²) in [6, 6.07) is 18.1. The second-order valence-corrected chi connectivity index (χ2v) is 3.46. The lowest BCUT2D eigenvalue weighted by Gasteiger charge is -2.06. The van der Waals surface area contributed by atoms with Gasteiger partial charge in [0.1, 0.15) is 0 Å². The summed E-state index contributed by atoms with van der Waals surface area (Å²) in [5.41, 5.74) is 8.76. The van der Waals surface area contributed by atoms with Crippen molar-refractivity contribution in [2.45, 2.75) is 6.54 Å². The molecule has 2 aromatic carbocycles. The Kier molecular flexibility index (Phi) is 2.88. The molecular formula is C13H14N2. The van der Waals surface area contributed by atoms with Crippen LogP contribution in [0.2, 0.25) is 0 Å². The van der Waals surface area contributed by atoms with E-state index in [1.54, 1.807) is 0 Å². The minimum atomic E-state index is 0.792. The molecule has 3 N–H and O–H groups in total. The van der Waals surface area contributed by atoms with E-state index in [2.05, 4.69) is 17.4 Å². The molecule has 0 aliphatic rings. The van der Waals surface area contributed by atoms with Gasteiger partial charge in [-0.3, -0.25) is 0 Å². The highest BCUT2D eigenvalue weighted by Crippen LogP contribution is 2.11. The van der Waals surface area contributed by atoms with E-state index in [1.807, 2.05) is 42.5 Å². The molecule has 0 radical (unpaired) electrons. The molecule has 0 saturated carbocycles. The molecule has 0 bridgehead atoms. The normalized spacial score (nSPS) is 9.87. The lowest BCUT2D eigenvalue weighted by Crippen LogP contribution is -1.98. The monoisotopic (exact) mass is 198 g/mol. The Balaban J connectivity index is 1.96. The van der Waals surface area contributed by atoms with E-state index in [4.69, 9.17) is 5.73 Å². The van der Waals surface area contributed by atoms with Gasteiger partial charge in [-0.1, -0.05) is 30.3 Å². The SMILES string of the molecule is Nc1ccc(NCc2ccccc2)cc1. The van der Waals surface area contributed by atoms with Crippen LogP contribution in [0.15, 0.2) is 54.6 Å². The highest BCUT2D eigenvalue weighted by molar-refractivity contribution is 5.51. The summed E-state index contributed by atoms with van der Waals surface area (Å²) in [5, 5.41) is 3.33. The van der Waals surface area contributed by atoms with Crippen molar-refractivity contribution >= 4 is 11.4 Å².